The summed E-state index contributed by atoms with van der Waals surface area (Å²) in [7, 11) is 0. The Kier molecular flexibility index (Phi) is 3.84. The van der Waals surface area contributed by atoms with Gasteiger partial charge in [0.2, 0.25) is 0 Å². The highest BCUT2D eigenvalue weighted by Crippen LogP contribution is 2.24. The molecule has 0 fully saturated rings. The molecule has 0 unspecified atom stereocenters. The highest BCUT2D eigenvalue weighted by atomic mass is 32.1. The number of hydrogen-bond donors (Lipinski definition) is 0. The standard InChI is InChI=1S/C21H17N5OS/c1-13-5-8-19(28-13)25-11-9-18-20(21(25)27)26(24-23-18)14(2)15-6-7-17-16(12-15)4-3-10-22-17/h3-12,14H,1-2H3/t14-/m0/s1. The van der Waals surface area contributed by atoms with Gasteiger partial charge in [-0.15, -0.1) is 16.4 Å². The fourth-order valence-corrected chi connectivity index (χ4v) is 4.29. The summed E-state index contributed by atoms with van der Waals surface area (Å²) in [6.07, 6.45) is 3.55. The van der Waals surface area contributed by atoms with Crippen molar-refractivity contribution in [3.05, 3.63) is 81.7 Å². The lowest BCUT2D eigenvalue weighted by Gasteiger charge is -2.14. The molecule has 4 heterocycles. The number of thiophene rings is 1. The normalized spacial score (nSPS) is 12.6. The van der Waals surface area contributed by atoms with Crippen LogP contribution in [0.15, 0.2) is 65.7 Å². The first-order valence-electron chi connectivity index (χ1n) is 9.00. The number of nitrogens with zero attached hydrogens (tertiary/aromatic N) is 5. The Labute approximate surface area is 164 Å². The first kappa shape index (κ1) is 16.8. The number of aromatic nitrogens is 5. The third kappa shape index (κ3) is 2.63. The molecule has 0 amide bonds. The van der Waals surface area contributed by atoms with Crippen molar-refractivity contribution in [2.24, 2.45) is 0 Å². The zero-order valence-electron chi connectivity index (χ0n) is 15.4. The van der Waals surface area contributed by atoms with Crippen LogP contribution in [0.3, 0.4) is 0 Å². The van der Waals surface area contributed by atoms with Gasteiger partial charge in [-0.05, 0) is 55.8 Å². The van der Waals surface area contributed by atoms with Crippen LogP contribution in [0, 0.1) is 6.92 Å². The molecule has 4 aromatic heterocycles. The quantitative estimate of drug-likeness (QED) is 0.467. The molecule has 0 saturated heterocycles. The van der Waals surface area contributed by atoms with E-state index in [0.717, 1.165) is 26.3 Å². The number of pyridine rings is 2. The molecule has 5 aromatic rings. The van der Waals surface area contributed by atoms with Crippen molar-refractivity contribution < 1.29 is 0 Å². The van der Waals surface area contributed by atoms with Gasteiger partial charge in [-0.2, -0.15) is 0 Å². The van der Waals surface area contributed by atoms with E-state index in [9.17, 15) is 4.79 Å². The van der Waals surface area contributed by atoms with E-state index in [-0.39, 0.29) is 11.6 Å². The highest BCUT2D eigenvalue weighted by Gasteiger charge is 2.18. The van der Waals surface area contributed by atoms with Gasteiger partial charge in [0, 0.05) is 22.7 Å². The summed E-state index contributed by atoms with van der Waals surface area (Å²) in [5, 5.41) is 10.5. The van der Waals surface area contributed by atoms with Gasteiger partial charge < -0.3 is 0 Å². The zero-order valence-corrected chi connectivity index (χ0v) is 16.2. The third-order valence-electron chi connectivity index (χ3n) is 4.96. The van der Waals surface area contributed by atoms with Crippen molar-refractivity contribution in [3.8, 4) is 5.00 Å². The lowest BCUT2D eigenvalue weighted by Crippen LogP contribution is -2.21. The molecule has 0 radical (unpaired) electrons. The fourth-order valence-electron chi connectivity index (χ4n) is 3.44. The van der Waals surface area contributed by atoms with E-state index >= 15 is 0 Å². The molecular formula is C21H17N5OS. The molecule has 138 valence electrons. The predicted molar refractivity (Wildman–Crippen MR) is 111 cm³/mol. The smallest absolute Gasteiger partial charge is 0.273 e. The zero-order chi connectivity index (χ0) is 19.3. The summed E-state index contributed by atoms with van der Waals surface area (Å²) in [5.74, 6) is 0. The van der Waals surface area contributed by atoms with Crippen LogP contribution in [-0.4, -0.2) is 24.5 Å². The molecule has 0 aliphatic heterocycles. The van der Waals surface area contributed by atoms with Gasteiger partial charge in [0.1, 0.15) is 10.5 Å². The van der Waals surface area contributed by atoms with Crippen LogP contribution in [0.2, 0.25) is 0 Å². The molecule has 7 heteroatoms. The summed E-state index contributed by atoms with van der Waals surface area (Å²) in [4.78, 5) is 18.8. The fraction of sp³-hybridized carbons (Fsp3) is 0.143. The number of fused-ring (bicyclic) bond motifs is 2. The molecule has 0 saturated carbocycles. The Bertz CT molecular complexity index is 1380. The number of hydrogen-bond acceptors (Lipinski definition) is 5. The van der Waals surface area contributed by atoms with Crippen LogP contribution in [0.4, 0.5) is 0 Å². The molecule has 0 spiro atoms. The minimum absolute atomic E-state index is 0.112. The summed E-state index contributed by atoms with van der Waals surface area (Å²) < 4.78 is 3.38. The largest absolute Gasteiger partial charge is 0.283 e. The van der Waals surface area contributed by atoms with Gasteiger partial charge in [0.05, 0.1) is 11.6 Å². The van der Waals surface area contributed by atoms with E-state index < -0.39 is 0 Å². The topological polar surface area (TPSA) is 65.6 Å². The van der Waals surface area contributed by atoms with Crippen LogP contribution in [0.1, 0.15) is 23.4 Å². The molecule has 5 rings (SSSR count). The van der Waals surface area contributed by atoms with Gasteiger partial charge in [-0.25, -0.2) is 4.68 Å². The van der Waals surface area contributed by atoms with Crippen LogP contribution < -0.4 is 5.56 Å². The maximum Gasteiger partial charge on any atom is 0.283 e. The minimum atomic E-state index is -0.136. The molecule has 6 nitrogen and oxygen atoms in total. The summed E-state index contributed by atoms with van der Waals surface area (Å²) >= 11 is 1.58. The van der Waals surface area contributed by atoms with Crippen molar-refractivity contribution in [2.75, 3.05) is 0 Å². The summed E-state index contributed by atoms with van der Waals surface area (Å²) in [6.45, 7) is 4.05. The molecule has 0 N–H and O–H groups in total. The average Bonchev–Trinajstić information content (AvgIpc) is 3.34. The lowest BCUT2D eigenvalue weighted by molar-refractivity contribution is 0.558. The highest BCUT2D eigenvalue weighted by molar-refractivity contribution is 7.14. The van der Waals surface area contributed by atoms with Gasteiger partial charge in [0.25, 0.3) is 5.56 Å². The summed E-state index contributed by atoms with van der Waals surface area (Å²) in [6, 6.07) is 15.7. The van der Waals surface area contributed by atoms with Crippen LogP contribution in [-0.2, 0) is 0 Å². The number of aryl methyl sites for hydroxylation is 1. The maximum atomic E-state index is 13.2. The van der Waals surface area contributed by atoms with E-state index in [1.54, 1.807) is 33.0 Å². The van der Waals surface area contributed by atoms with Gasteiger partial charge >= 0.3 is 0 Å². The van der Waals surface area contributed by atoms with E-state index in [1.165, 1.54) is 0 Å². The minimum Gasteiger partial charge on any atom is -0.273 e. The van der Waals surface area contributed by atoms with Crippen molar-refractivity contribution in [1.82, 2.24) is 24.5 Å². The second kappa shape index (κ2) is 6.38. The molecule has 1 atom stereocenters. The Morgan fingerprint density at radius 2 is 1.96 bits per heavy atom. The number of rotatable bonds is 3. The maximum absolute atomic E-state index is 13.2. The first-order valence-corrected chi connectivity index (χ1v) is 9.81. The molecule has 0 aliphatic rings. The monoisotopic (exact) mass is 387 g/mol. The first-order chi connectivity index (χ1) is 13.6. The van der Waals surface area contributed by atoms with Crippen LogP contribution in [0.5, 0.6) is 0 Å². The second-order valence-electron chi connectivity index (χ2n) is 6.77. The molecule has 0 aliphatic carbocycles. The van der Waals surface area contributed by atoms with Crippen molar-refractivity contribution in [1.29, 1.82) is 0 Å². The molecular weight excluding hydrogens is 370 g/mol. The molecule has 1 aromatic carbocycles. The Morgan fingerprint density at radius 1 is 1.07 bits per heavy atom. The SMILES string of the molecule is Cc1ccc(-n2ccc3nnn([C@@H](C)c4ccc5ncccc5c4)c3c2=O)s1. The third-order valence-corrected chi connectivity index (χ3v) is 5.96. The van der Waals surface area contributed by atoms with Crippen molar-refractivity contribution >= 4 is 33.3 Å². The van der Waals surface area contributed by atoms with E-state index in [2.05, 4.69) is 21.4 Å². The Morgan fingerprint density at radius 3 is 2.79 bits per heavy atom. The molecule has 0 bridgehead atoms. The van der Waals surface area contributed by atoms with E-state index in [1.807, 2.05) is 56.3 Å². The van der Waals surface area contributed by atoms with E-state index in [0.29, 0.717) is 11.0 Å². The molecule has 28 heavy (non-hydrogen) atoms. The average molecular weight is 387 g/mol. The Hall–Kier alpha value is -3.32. The predicted octanol–water partition coefficient (Wildman–Crippen LogP) is 4.11. The Balaban J connectivity index is 1.66. The van der Waals surface area contributed by atoms with Crippen LogP contribution >= 0.6 is 11.3 Å². The van der Waals surface area contributed by atoms with E-state index in [4.69, 9.17) is 0 Å². The van der Waals surface area contributed by atoms with Crippen LogP contribution in [0.25, 0.3) is 26.9 Å². The van der Waals surface area contributed by atoms with Crippen molar-refractivity contribution in [2.45, 2.75) is 19.9 Å². The van der Waals surface area contributed by atoms with Gasteiger partial charge in [0.15, 0.2) is 5.52 Å². The summed E-state index contributed by atoms with van der Waals surface area (Å²) in [5.41, 5.74) is 2.99. The van der Waals surface area contributed by atoms with Gasteiger partial charge in [-0.3, -0.25) is 14.3 Å². The second-order valence-corrected chi connectivity index (χ2v) is 8.04. The van der Waals surface area contributed by atoms with Crippen molar-refractivity contribution in [3.63, 3.8) is 0 Å². The van der Waals surface area contributed by atoms with Gasteiger partial charge in [-0.1, -0.05) is 17.3 Å². The number of benzene rings is 1. The lowest BCUT2D eigenvalue weighted by atomic mass is 10.1.